The van der Waals surface area contributed by atoms with Crippen LogP contribution in [0.4, 0.5) is 14.5 Å². The molecule has 1 unspecified atom stereocenters. The van der Waals surface area contributed by atoms with Crippen LogP contribution in [0.5, 0.6) is 0 Å². The average molecular weight is 376 g/mol. The van der Waals surface area contributed by atoms with Gasteiger partial charge >= 0.3 is 0 Å². The molecule has 1 heterocycles. The number of aliphatic hydroxyl groups is 1. The molecule has 0 amide bonds. The third-order valence-electron chi connectivity index (χ3n) is 7.05. The zero-order valence-corrected chi connectivity index (χ0v) is 16.7. The van der Waals surface area contributed by atoms with Crippen LogP contribution in [0.2, 0.25) is 0 Å². The van der Waals surface area contributed by atoms with Crippen molar-refractivity contribution in [2.75, 3.05) is 11.4 Å². The molecule has 1 aromatic rings. The van der Waals surface area contributed by atoms with Crippen molar-refractivity contribution in [3.8, 4) is 0 Å². The first-order valence-corrected chi connectivity index (χ1v) is 9.82. The number of benzene rings is 1. The van der Waals surface area contributed by atoms with Crippen LogP contribution in [0.15, 0.2) is 48.7 Å². The lowest BCUT2D eigenvalue weighted by atomic mass is 9.65. The highest BCUT2D eigenvalue weighted by molar-refractivity contribution is 5.56. The summed E-state index contributed by atoms with van der Waals surface area (Å²) in [5.41, 5.74) is 2.87. The second-order valence-electron chi connectivity index (χ2n) is 8.71. The minimum Gasteiger partial charge on any atom is -0.386 e. The van der Waals surface area contributed by atoms with Crippen molar-refractivity contribution in [3.05, 3.63) is 54.3 Å². The summed E-state index contributed by atoms with van der Waals surface area (Å²) < 4.78 is 27.1. The van der Waals surface area contributed by atoms with E-state index in [9.17, 15) is 13.9 Å². The molecule has 2 aliphatic rings. The van der Waals surface area contributed by atoms with Crippen molar-refractivity contribution in [2.45, 2.75) is 70.3 Å². The predicted octanol–water partition coefficient (Wildman–Crippen LogP) is 6.04. The second kappa shape index (κ2) is 6.73. The predicted molar refractivity (Wildman–Crippen MR) is 107 cm³/mol. The van der Waals surface area contributed by atoms with Gasteiger partial charge in [0.05, 0.1) is 5.60 Å². The van der Waals surface area contributed by atoms with Gasteiger partial charge in [0, 0.05) is 29.3 Å². The average Bonchev–Trinajstić information content (AvgIpc) is 2.93. The highest BCUT2D eigenvalue weighted by Gasteiger charge is 2.48. The van der Waals surface area contributed by atoms with Gasteiger partial charge in [-0.1, -0.05) is 32.2 Å². The van der Waals surface area contributed by atoms with Crippen molar-refractivity contribution < 1.29 is 13.9 Å². The molecule has 1 atom stereocenters. The standard InChI is InChI=1S/C23H31F2NO/c1-16(2)23(27)12-10-22(11-13-23)14-15-26(18(22)4)20-8-6-19(7-9-20)17(3)21(5,24)25/h6-9,17,27H,1,4,10-15H2,2-3,5H3. The third kappa shape index (κ3) is 3.56. The molecule has 0 radical (unpaired) electrons. The summed E-state index contributed by atoms with van der Waals surface area (Å²) in [6.45, 7) is 13.6. The van der Waals surface area contributed by atoms with E-state index in [1.807, 2.05) is 19.1 Å². The second-order valence-corrected chi connectivity index (χ2v) is 8.71. The molecule has 1 spiro atoms. The van der Waals surface area contributed by atoms with E-state index in [2.05, 4.69) is 18.1 Å². The molecule has 1 aromatic carbocycles. The highest BCUT2D eigenvalue weighted by Crippen LogP contribution is 2.54. The molecular weight excluding hydrogens is 344 g/mol. The maximum atomic E-state index is 13.6. The number of halogens is 2. The van der Waals surface area contributed by atoms with Crippen molar-refractivity contribution in [1.29, 1.82) is 0 Å². The first kappa shape index (κ1) is 20.1. The molecule has 4 heteroatoms. The van der Waals surface area contributed by atoms with Crippen LogP contribution in [-0.4, -0.2) is 23.2 Å². The maximum Gasteiger partial charge on any atom is 0.251 e. The topological polar surface area (TPSA) is 23.5 Å². The maximum absolute atomic E-state index is 13.6. The molecule has 3 rings (SSSR count). The van der Waals surface area contributed by atoms with E-state index in [0.717, 1.165) is 62.5 Å². The SMILES string of the molecule is C=C(C)C1(O)CCC2(CCN(c3ccc(C(C)C(C)(F)F)cc3)C2=C)CC1. The van der Waals surface area contributed by atoms with Gasteiger partial charge in [-0.15, -0.1) is 0 Å². The Kier molecular flexibility index (Phi) is 5.00. The summed E-state index contributed by atoms with van der Waals surface area (Å²) in [7, 11) is 0. The summed E-state index contributed by atoms with van der Waals surface area (Å²) in [5.74, 6) is -3.54. The summed E-state index contributed by atoms with van der Waals surface area (Å²) in [5, 5.41) is 10.7. The van der Waals surface area contributed by atoms with Crippen LogP contribution in [0.3, 0.4) is 0 Å². The number of alkyl halides is 2. The Hall–Kier alpha value is -1.68. The van der Waals surface area contributed by atoms with E-state index >= 15 is 0 Å². The Bertz CT molecular complexity index is 724. The van der Waals surface area contributed by atoms with E-state index in [-0.39, 0.29) is 5.41 Å². The highest BCUT2D eigenvalue weighted by atomic mass is 19.3. The first-order chi connectivity index (χ1) is 12.5. The fourth-order valence-corrected chi connectivity index (χ4v) is 4.52. The zero-order valence-electron chi connectivity index (χ0n) is 16.7. The van der Waals surface area contributed by atoms with Gasteiger partial charge in [-0.25, -0.2) is 8.78 Å². The van der Waals surface area contributed by atoms with Crippen molar-refractivity contribution in [1.82, 2.24) is 0 Å². The lowest BCUT2D eigenvalue weighted by Gasteiger charge is -2.43. The Morgan fingerprint density at radius 2 is 1.70 bits per heavy atom. The quantitative estimate of drug-likeness (QED) is 0.649. The molecule has 1 N–H and O–H groups in total. The van der Waals surface area contributed by atoms with Crippen LogP contribution in [0, 0.1) is 5.41 Å². The smallest absolute Gasteiger partial charge is 0.251 e. The third-order valence-corrected chi connectivity index (χ3v) is 7.05. The van der Waals surface area contributed by atoms with E-state index in [1.165, 1.54) is 0 Å². The summed E-state index contributed by atoms with van der Waals surface area (Å²) in [4.78, 5) is 2.21. The van der Waals surface area contributed by atoms with Gasteiger partial charge in [0.1, 0.15) is 0 Å². The Labute approximate surface area is 161 Å². The lowest BCUT2D eigenvalue weighted by molar-refractivity contribution is -0.00223. The van der Waals surface area contributed by atoms with Gasteiger partial charge in [-0.3, -0.25) is 0 Å². The molecule has 0 bridgehead atoms. The number of nitrogens with zero attached hydrogens (tertiary/aromatic N) is 1. The summed E-state index contributed by atoms with van der Waals surface area (Å²) in [6.07, 6.45) is 4.27. The summed E-state index contributed by atoms with van der Waals surface area (Å²) >= 11 is 0. The van der Waals surface area contributed by atoms with Gasteiger partial charge in [-0.05, 0) is 69.2 Å². The van der Waals surface area contributed by atoms with Crippen molar-refractivity contribution in [2.24, 2.45) is 5.41 Å². The molecule has 2 fully saturated rings. The fourth-order valence-electron chi connectivity index (χ4n) is 4.52. The molecule has 27 heavy (non-hydrogen) atoms. The normalized spacial score (nSPS) is 30.0. The molecule has 0 aromatic heterocycles. The zero-order chi connectivity index (χ0) is 20.0. The molecule has 1 aliphatic heterocycles. The number of rotatable bonds is 4. The lowest BCUT2D eigenvalue weighted by Crippen LogP contribution is -2.40. The van der Waals surface area contributed by atoms with E-state index in [4.69, 9.17) is 0 Å². The molecular formula is C23H31F2NO. The van der Waals surface area contributed by atoms with Gasteiger partial charge in [0.25, 0.3) is 5.92 Å². The minimum absolute atomic E-state index is 0.0318. The molecule has 1 saturated heterocycles. The van der Waals surface area contributed by atoms with E-state index in [1.54, 1.807) is 19.1 Å². The largest absolute Gasteiger partial charge is 0.386 e. The Balaban J connectivity index is 1.73. The van der Waals surface area contributed by atoms with Crippen molar-refractivity contribution >= 4 is 5.69 Å². The van der Waals surface area contributed by atoms with Crippen LogP contribution >= 0.6 is 0 Å². The van der Waals surface area contributed by atoms with Crippen LogP contribution in [0.1, 0.15) is 64.4 Å². The number of hydrogen-bond donors (Lipinski definition) is 1. The minimum atomic E-state index is -2.73. The fraction of sp³-hybridized carbons (Fsp3) is 0.565. The van der Waals surface area contributed by atoms with E-state index in [0.29, 0.717) is 5.56 Å². The molecule has 148 valence electrons. The van der Waals surface area contributed by atoms with Crippen LogP contribution in [-0.2, 0) is 0 Å². The van der Waals surface area contributed by atoms with Gasteiger partial charge < -0.3 is 10.0 Å². The summed E-state index contributed by atoms with van der Waals surface area (Å²) in [6, 6.07) is 7.45. The van der Waals surface area contributed by atoms with E-state index < -0.39 is 17.4 Å². The first-order valence-electron chi connectivity index (χ1n) is 9.82. The van der Waals surface area contributed by atoms with Crippen LogP contribution in [0.25, 0.3) is 0 Å². The molecule has 1 aliphatic carbocycles. The number of hydrogen-bond acceptors (Lipinski definition) is 2. The number of anilines is 1. The monoisotopic (exact) mass is 375 g/mol. The molecule has 1 saturated carbocycles. The number of allylic oxidation sites excluding steroid dienone is 1. The van der Waals surface area contributed by atoms with Gasteiger partial charge in [-0.2, -0.15) is 0 Å². The Morgan fingerprint density at radius 1 is 1.15 bits per heavy atom. The van der Waals surface area contributed by atoms with Crippen LogP contribution < -0.4 is 4.90 Å². The Morgan fingerprint density at radius 3 is 2.19 bits per heavy atom. The van der Waals surface area contributed by atoms with Crippen molar-refractivity contribution in [3.63, 3.8) is 0 Å². The molecule has 2 nitrogen and oxygen atoms in total. The van der Waals surface area contributed by atoms with Gasteiger partial charge in [0.2, 0.25) is 0 Å². The van der Waals surface area contributed by atoms with Gasteiger partial charge in [0.15, 0.2) is 0 Å².